The molecule has 8 nitrogen and oxygen atoms in total. The van der Waals surface area contributed by atoms with Gasteiger partial charge in [-0.15, -0.1) is 0 Å². The van der Waals surface area contributed by atoms with Crippen molar-refractivity contribution in [2.75, 3.05) is 0 Å². The predicted molar refractivity (Wildman–Crippen MR) is 70.5 cm³/mol. The van der Waals surface area contributed by atoms with E-state index < -0.39 is 4.92 Å². The van der Waals surface area contributed by atoms with Crippen molar-refractivity contribution in [3.63, 3.8) is 0 Å². The van der Waals surface area contributed by atoms with Gasteiger partial charge in [-0.3, -0.25) is 14.8 Å². The molecule has 0 radical (unpaired) electrons. The van der Waals surface area contributed by atoms with Crippen molar-refractivity contribution in [3.8, 4) is 0 Å². The number of rotatable bonds is 3. The van der Waals surface area contributed by atoms with E-state index in [0.29, 0.717) is 23.1 Å². The summed E-state index contributed by atoms with van der Waals surface area (Å²) in [6.45, 7) is 9.43. The van der Waals surface area contributed by atoms with Crippen molar-refractivity contribution in [1.29, 1.82) is 0 Å². The van der Waals surface area contributed by atoms with Crippen LogP contribution in [0.4, 0.5) is 5.69 Å². The Hall–Kier alpha value is -2.25. The quantitative estimate of drug-likeness (QED) is 0.630. The Morgan fingerprint density at radius 3 is 2.45 bits per heavy atom. The summed E-state index contributed by atoms with van der Waals surface area (Å²) in [5.74, 6) is 0.985. The molecule has 2 aromatic heterocycles. The van der Waals surface area contributed by atoms with Crippen LogP contribution in [0.15, 0.2) is 4.52 Å². The van der Waals surface area contributed by atoms with Crippen LogP contribution in [0.1, 0.15) is 43.9 Å². The van der Waals surface area contributed by atoms with Gasteiger partial charge in [0.1, 0.15) is 17.9 Å². The third kappa shape index (κ3) is 2.54. The largest absolute Gasteiger partial charge is 0.339 e. The second-order valence-electron chi connectivity index (χ2n) is 5.70. The van der Waals surface area contributed by atoms with Crippen molar-refractivity contribution < 1.29 is 9.45 Å². The van der Waals surface area contributed by atoms with E-state index >= 15 is 0 Å². The van der Waals surface area contributed by atoms with Gasteiger partial charge >= 0.3 is 5.69 Å². The fraction of sp³-hybridized carbons (Fsp3) is 0.583. The minimum absolute atomic E-state index is 0.0320. The minimum atomic E-state index is -0.426. The lowest BCUT2D eigenvalue weighted by molar-refractivity contribution is -0.386. The monoisotopic (exact) mass is 279 g/mol. The van der Waals surface area contributed by atoms with Gasteiger partial charge < -0.3 is 4.52 Å². The zero-order valence-corrected chi connectivity index (χ0v) is 12.2. The first-order chi connectivity index (χ1) is 9.20. The summed E-state index contributed by atoms with van der Waals surface area (Å²) in [4.78, 5) is 14.8. The van der Waals surface area contributed by atoms with E-state index in [0.717, 1.165) is 0 Å². The topological polar surface area (TPSA) is 99.9 Å². The van der Waals surface area contributed by atoms with Crippen molar-refractivity contribution in [2.24, 2.45) is 0 Å². The van der Waals surface area contributed by atoms with Gasteiger partial charge in [0, 0.05) is 5.41 Å². The molecule has 0 saturated heterocycles. The SMILES string of the molecule is Cc1nn(Cc2noc(C(C)(C)C)n2)c(C)c1[N+](=O)[O-]. The first-order valence-electron chi connectivity index (χ1n) is 6.21. The molecule has 0 aliphatic rings. The molecule has 8 heteroatoms. The summed E-state index contributed by atoms with van der Waals surface area (Å²) in [5, 5.41) is 19.0. The summed E-state index contributed by atoms with van der Waals surface area (Å²) in [5.41, 5.74) is 0.665. The molecule has 0 aliphatic heterocycles. The Morgan fingerprint density at radius 1 is 1.35 bits per heavy atom. The van der Waals surface area contributed by atoms with Crippen LogP contribution in [0, 0.1) is 24.0 Å². The van der Waals surface area contributed by atoms with Gasteiger partial charge in [-0.1, -0.05) is 25.9 Å². The van der Waals surface area contributed by atoms with Crippen LogP contribution in [0.25, 0.3) is 0 Å². The second kappa shape index (κ2) is 4.69. The first kappa shape index (κ1) is 14.2. The molecule has 0 fully saturated rings. The third-order valence-electron chi connectivity index (χ3n) is 2.93. The zero-order chi connectivity index (χ0) is 15.1. The highest BCUT2D eigenvalue weighted by Gasteiger charge is 2.24. The van der Waals surface area contributed by atoms with Gasteiger partial charge in [-0.05, 0) is 13.8 Å². The molecule has 0 saturated carbocycles. The molecule has 0 aliphatic carbocycles. The molecule has 0 atom stereocenters. The maximum Gasteiger partial charge on any atom is 0.312 e. The lowest BCUT2D eigenvalue weighted by atomic mass is 9.97. The molecule has 0 aromatic carbocycles. The second-order valence-corrected chi connectivity index (χ2v) is 5.70. The first-order valence-corrected chi connectivity index (χ1v) is 6.21. The van der Waals surface area contributed by atoms with Gasteiger partial charge in [0.2, 0.25) is 5.89 Å². The van der Waals surface area contributed by atoms with Gasteiger partial charge in [0.05, 0.1) is 4.92 Å². The van der Waals surface area contributed by atoms with Crippen molar-refractivity contribution >= 4 is 5.69 Å². The molecule has 108 valence electrons. The fourth-order valence-corrected chi connectivity index (χ4v) is 1.86. The highest BCUT2D eigenvalue weighted by atomic mass is 16.6. The van der Waals surface area contributed by atoms with Crippen LogP contribution < -0.4 is 0 Å². The Labute approximate surface area is 115 Å². The molecular formula is C12H17N5O3. The number of nitrogens with zero attached hydrogens (tertiary/aromatic N) is 5. The molecule has 0 unspecified atom stereocenters. The molecular weight excluding hydrogens is 262 g/mol. The van der Waals surface area contributed by atoms with Gasteiger partial charge in [-0.25, -0.2) is 0 Å². The van der Waals surface area contributed by atoms with E-state index in [2.05, 4.69) is 15.2 Å². The Kier molecular flexibility index (Phi) is 3.33. The summed E-state index contributed by atoms with van der Waals surface area (Å²) in [6.07, 6.45) is 0. The molecule has 0 N–H and O–H groups in total. The van der Waals surface area contributed by atoms with E-state index in [1.54, 1.807) is 13.8 Å². The number of aryl methyl sites for hydroxylation is 1. The van der Waals surface area contributed by atoms with Gasteiger partial charge in [0.25, 0.3) is 0 Å². The van der Waals surface area contributed by atoms with E-state index in [-0.39, 0.29) is 17.6 Å². The molecule has 0 amide bonds. The fourth-order valence-electron chi connectivity index (χ4n) is 1.86. The van der Waals surface area contributed by atoms with Crippen LogP contribution in [0.5, 0.6) is 0 Å². The van der Waals surface area contributed by atoms with E-state index in [4.69, 9.17) is 4.52 Å². The molecule has 2 rings (SSSR count). The average Bonchev–Trinajstić information content (AvgIpc) is 2.84. The Morgan fingerprint density at radius 2 is 2.00 bits per heavy atom. The normalized spacial score (nSPS) is 11.8. The van der Waals surface area contributed by atoms with Crippen LogP contribution in [-0.4, -0.2) is 24.8 Å². The maximum atomic E-state index is 10.9. The zero-order valence-electron chi connectivity index (χ0n) is 12.2. The highest BCUT2D eigenvalue weighted by molar-refractivity contribution is 5.39. The standard InChI is InChI=1S/C12H17N5O3/c1-7-10(17(18)19)8(2)16(14-7)6-9-13-11(20-15-9)12(3,4)5/h6H2,1-5H3. The van der Waals surface area contributed by atoms with Crippen molar-refractivity contribution in [2.45, 2.75) is 46.6 Å². The Balaban J connectivity index is 2.29. The van der Waals surface area contributed by atoms with E-state index in [9.17, 15) is 10.1 Å². The third-order valence-corrected chi connectivity index (χ3v) is 2.93. The number of nitro groups is 1. The van der Waals surface area contributed by atoms with Crippen LogP contribution in [0.3, 0.4) is 0 Å². The molecule has 2 aromatic rings. The Bertz CT molecular complexity index is 651. The van der Waals surface area contributed by atoms with Gasteiger partial charge in [0.15, 0.2) is 5.82 Å². The van der Waals surface area contributed by atoms with Crippen LogP contribution >= 0.6 is 0 Å². The number of aromatic nitrogens is 4. The molecule has 20 heavy (non-hydrogen) atoms. The smallest absolute Gasteiger partial charge is 0.312 e. The minimum Gasteiger partial charge on any atom is -0.339 e. The molecule has 2 heterocycles. The van der Waals surface area contributed by atoms with E-state index in [1.165, 1.54) is 4.68 Å². The maximum absolute atomic E-state index is 10.9. The van der Waals surface area contributed by atoms with Gasteiger partial charge in [-0.2, -0.15) is 10.1 Å². The van der Waals surface area contributed by atoms with Crippen LogP contribution in [0.2, 0.25) is 0 Å². The van der Waals surface area contributed by atoms with Crippen LogP contribution in [-0.2, 0) is 12.0 Å². The van der Waals surface area contributed by atoms with Crippen molar-refractivity contribution in [1.82, 2.24) is 19.9 Å². The summed E-state index contributed by atoms with van der Waals surface area (Å²) in [6, 6.07) is 0. The summed E-state index contributed by atoms with van der Waals surface area (Å²) < 4.78 is 6.71. The van der Waals surface area contributed by atoms with E-state index in [1.807, 2.05) is 20.8 Å². The highest BCUT2D eigenvalue weighted by Crippen LogP contribution is 2.23. The average molecular weight is 279 g/mol. The number of hydrogen-bond donors (Lipinski definition) is 0. The molecule has 0 spiro atoms. The predicted octanol–water partition coefficient (Wildman–Crippen LogP) is 2.14. The number of hydrogen-bond acceptors (Lipinski definition) is 6. The van der Waals surface area contributed by atoms with Crippen molar-refractivity contribution in [3.05, 3.63) is 33.2 Å². The lowest BCUT2D eigenvalue weighted by Crippen LogP contribution is -2.12. The molecule has 0 bridgehead atoms. The summed E-state index contributed by atoms with van der Waals surface area (Å²) in [7, 11) is 0. The lowest BCUT2D eigenvalue weighted by Gasteiger charge is -2.10. The summed E-state index contributed by atoms with van der Waals surface area (Å²) >= 11 is 0.